The zero-order valence-corrected chi connectivity index (χ0v) is 37.6. The second kappa shape index (κ2) is 15.4. The standard InChI is InChI=1S/C60H48N2O4/c1-35(2)46-32-52(61(48-21-9-6-16-37(48)34-63)50-23-14-19-42-38-17-7-11-25-54(38)65-59(42)50)44-30-28-41-47(36(3)4)33-53(45-31-29-40(46)57(44)58(41)45)62(49-22-10-13-27-56(49)64-5)51-24-15-20-43-39-18-8-12-26-55(39)66-60(43)51/h6-33,35-36,63H,34H2,1-5H3. The Balaban J connectivity index is 1.23. The summed E-state index contributed by atoms with van der Waals surface area (Å²) in [4.78, 5) is 4.67. The van der Waals surface area contributed by atoms with Crippen LogP contribution in [0.5, 0.6) is 5.75 Å². The molecule has 0 amide bonds. The van der Waals surface area contributed by atoms with Crippen LogP contribution in [0.25, 0.3) is 76.2 Å². The van der Waals surface area contributed by atoms with E-state index >= 15 is 0 Å². The lowest BCUT2D eigenvalue weighted by Gasteiger charge is -2.32. The molecule has 12 aromatic rings. The Morgan fingerprint density at radius 3 is 1.36 bits per heavy atom. The van der Waals surface area contributed by atoms with E-state index in [9.17, 15) is 5.11 Å². The highest BCUT2D eigenvalue weighted by Gasteiger charge is 2.29. The van der Waals surface area contributed by atoms with Crippen LogP contribution in [0, 0.1) is 0 Å². The van der Waals surface area contributed by atoms with Crippen molar-refractivity contribution in [2.45, 2.75) is 46.1 Å². The van der Waals surface area contributed by atoms with Crippen LogP contribution in [0.15, 0.2) is 179 Å². The molecule has 6 heteroatoms. The number of furan rings is 2. The van der Waals surface area contributed by atoms with Gasteiger partial charge in [-0.3, -0.25) is 0 Å². The van der Waals surface area contributed by atoms with Crippen LogP contribution in [0.1, 0.15) is 56.2 Å². The zero-order valence-electron chi connectivity index (χ0n) is 37.6. The van der Waals surface area contributed by atoms with Crippen LogP contribution in [-0.4, -0.2) is 12.2 Å². The summed E-state index contributed by atoms with van der Waals surface area (Å²) in [6, 6.07) is 59.8. The Kier molecular flexibility index (Phi) is 9.30. The topological polar surface area (TPSA) is 62.2 Å². The van der Waals surface area contributed by atoms with Crippen molar-refractivity contribution in [1.82, 2.24) is 0 Å². The van der Waals surface area contributed by atoms with E-state index in [1.165, 1.54) is 32.7 Å². The van der Waals surface area contributed by atoms with E-state index in [1.54, 1.807) is 7.11 Å². The number of hydrogen-bond acceptors (Lipinski definition) is 6. The van der Waals surface area contributed by atoms with Crippen molar-refractivity contribution >= 4 is 110 Å². The number of hydrogen-bond donors (Lipinski definition) is 1. The second-order valence-electron chi connectivity index (χ2n) is 18.0. The number of fused-ring (bicyclic) bond motifs is 6. The second-order valence-corrected chi connectivity index (χ2v) is 18.0. The molecule has 12 rings (SSSR count). The highest BCUT2D eigenvalue weighted by atomic mass is 16.5. The Labute approximate surface area is 382 Å². The fourth-order valence-electron chi connectivity index (χ4n) is 10.6. The number of methoxy groups -OCH3 is 1. The number of nitrogens with zero attached hydrogens (tertiary/aromatic N) is 2. The third-order valence-electron chi connectivity index (χ3n) is 13.6. The summed E-state index contributed by atoms with van der Waals surface area (Å²) < 4.78 is 19.8. The van der Waals surface area contributed by atoms with Crippen LogP contribution >= 0.6 is 0 Å². The van der Waals surface area contributed by atoms with Gasteiger partial charge >= 0.3 is 0 Å². The predicted molar refractivity (Wildman–Crippen MR) is 275 cm³/mol. The lowest BCUT2D eigenvalue weighted by atomic mass is 9.84. The van der Waals surface area contributed by atoms with E-state index in [4.69, 9.17) is 13.6 Å². The van der Waals surface area contributed by atoms with Crippen LogP contribution in [0.2, 0.25) is 0 Å². The number of benzene rings is 10. The van der Waals surface area contributed by atoms with E-state index in [-0.39, 0.29) is 18.4 Å². The quantitative estimate of drug-likeness (QED) is 0.138. The first-order chi connectivity index (χ1) is 32.3. The van der Waals surface area contributed by atoms with E-state index in [1.807, 2.05) is 48.5 Å². The third kappa shape index (κ3) is 5.91. The van der Waals surface area contributed by atoms with Crippen LogP contribution in [0.3, 0.4) is 0 Å². The number of aliphatic hydroxyl groups is 1. The zero-order chi connectivity index (χ0) is 44.8. The summed E-state index contributed by atoms with van der Waals surface area (Å²) in [7, 11) is 1.74. The third-order valence-corrected chi connectivity index (χ3v) is 13.6. The first kappa shape index (κ1) is 39.8. The van der Waals surface area contributed by atoms with Crippen LogP contribution in [-0.2, 0) is 6.61 Å². The van der Waals surface area contributed by atoms with Gasteiger partial charge in [0, 0.05) is 37.9 Å². The summed E-state index contributed by atoms with van der Waals surface area (Å²) in [5.41, 5.74) is 12.2. The lowest BCUT2D eigenvalue weighted by molar-refractivity contribution is 0.282. The molecule has 2 heterocycles. The van der Waals surface area contributed by atoms with Crippen LogP contribution in [0.4, 0.5) is 34.1 Å². The van der Waals surface area contributed by atoms with Crippen molar-refractivity contribution in [3.8, 4) is 5.75 Å². The van der Waals surface area contributed by atoms with Gasteiger partial charge in [-0.25, -0.2) is 0 Å². The fraction of sp³-hybridized carbons (Fsp3) is 0.133. The van der Waals surface area contributed by atoms with Gasteiger partial charge in [0.2, 0.25) is 0 Å². The molecule has 0 spiro atoms. The molecule has 0 saturated carbocycles. The average molecular weight is 861 g/mol. The van der Waals surface area contributed by atoms with E-state index < -0.39 is 0 Å². The molecule has 0 saturated heterocycles. The Morgan fingerprint density at radius 1 is 0.424 bits per heavy atom. The maximum Gasteiger partial charge on any atom is 0.159 e. The van der Waals surface area contributed by atoms with Crippen molar-refractivity contribution in [3.05, 3.63) is 187 Å². The van der Waals surface area contributed by atoms with E-state index in [2.05, 4.69) is 159 Å². The SMILES string of the molecule is COc1ccccc1N(c1cc(C(C)C)c2ccc3c(N(c4ccccc4CO)c4cccc5c4oc4ccccc45)cc(C(C)C)c4ccc1c2c43)c1cccc2c1oc1ccccc12. The smallest absolute Gasteiger partial charge is 0.159 e. The van der Waals surface area contributed by atoms with Gasteiger partial charge in [-0.2, -0.15) is 0 Å². The first-order valence-corrected chi connectivity index (χ1v) is 22.9. The molecule has 6 nitrogen and oxygen atoms in total. The van der Waals surface area contributed by atoms with Gasteiger partial charge in [0.1, 0.15) is 16.9 Å². The summed E-state index contributed by atoms with van der Waals surface area (Å²) in [5, 5.41) is 22.3. The molecule has 2 aromatic heterocycles. The number of anilines is 6. The fourth-order valence-corrected chi connectivity index (χ4v) is 10.6. The molecule has 0 bridgehead atoms. The molecular formula is C60H48N2O4. The lowest BCUT2D eigenvalue weighted by Crippen LogP contribution is -2.14. The molecular weight excluding hydrogens is 813 g/mol. The van der Waals surface area contributed by atoms with Crippen molar-refractivity contribution in [2.24, 2.45) is 0 Å². The minimum absolute atomic E-state index is 0.122. The highest BCUT2D eigenvalue weighted by molar-refractivity contribution is 6.30. The van der Waals surface area contributed by atoms with Crippen molar-refractivity contribution in [1.29, 1.82) is 0 Å². The summed E-state index contributed by atoms with van der Waals surface area (Å²) in [6.45, 7) is 9.02. The molecule has 0 aliphatic carbocycles. The minimum atomic E-state index is -0.122. The molecule has 0 aliphatic heterocycles. The van der Waals surface area contributed by atoms with Gasteiger partial charge in [0.25, 0.3) is 0 Å². The molecule has 10 aromatic carbocycles. The average Bonchev–Trinajstić information content (AvgIpc) is 3.93. The van der Waals surface area contributed by atoms with Crippen molar-refractivity contribution < 1.29 is 18.7 Å². The maximum absolute atomic E-state index is 11.0. The van der Waals surface area contributed by atoms with Gasteiger partial charge in [0.15, 0.2) is 11.2 Å². The van der Waals surface area contributed by atoms with Gasteiger partial charge < -0.3 is 28.5 Å². The Hall–Kier alpha value is -7.80. The Morgan fingerprint density at radius 2 is 0.848 bits per heavy atom. The molecule has 1 N–H and O–H groups in total. The van der Waals surface area contributed by atoms with Gasteiger partial charge in [0.05, 0.1) is 47.8 Å². The number of para-hydroxylation sites is 7. The molecule has 0 atom stereocenters. The van der Waals surface area contributed by atoms with Crippen molar-refractivity contribution in [3.63, 3.8) is 0 Å². The molecule has 0 aliphatic rings. The molecule has 0 unspecified atom stereocenters. The van der Waals surface area contributed by atoms with Crippen LogP contribution < -0.4 is 14.5 Å². The molecule has 66 heavy (non-hydrogen) atoms. The number of rotatable bonds is 10. The van der Waals surface area contributed by atoms with E-state index in [0.29, 0.717) is 0 Å². The summed E-state index contributed by atoms with van der Waals surface area (Å²) in [6.07, 6.45) is 0. The number of aliphatic hydroxyl groups excluding tert-OH is 1. The molecule has 322 valence electrons. The minimum Gasteiger partial charge on any atom is -0.495 e. The first-order valence-electron chi connectivity index (χ1n) is 22.9. The van der Waals surface area contributed by atoms with Crippen molar-refractivity contribution in [2.75, 3.05) is 16.9 Å². The maximum atomic E-state index is 11.0. The summed E-state index contributed by atoms with van der Waals surface area (Å²) >= 11 is 0. The Bertz CT molecular complexity index is 3590. The van der Waals surface area contributed by atoms with Gasteiger partial charge in [-0.1, -0.05) is 143 Å². The van der Waals surface area contributed by atoms with Gasteiger partial charge in [-0.15, -0.1) is 0 Å². The normalized spacial score (nSPS) is 12.1. The molecule has 0 radical (unpaired) electrons. The van der Waals surface area contributed by atoms with E-state index in [0.717, 1.165) is 100 Å². The number of ether oxygens (including phenoxy) is 1. The summed E-state index contributed by atoms with van der Waals surface area (Å²) in [5.74, 6) is 1.13. The largest absolute Gasteiger partial charge is 0.495 e. The van der Waals surface area contributed by atoms with Gasteiger partial charge in [-0.05, 0) is 99.1 Å². The highest BCUT2D eigenvalue weighted by Crippen LogP contribution is 2.54. The molecule has 0 fully saturated rings. The predicted octanol–water partition coefficient (Wildman–Crippen LogP) is 17.1. The monoisotopic (exact) mass is 860 g/mol.